The second-order valence-electron chi connectivity index (χ2n) is 7.92. The van der Waals surface area contributed by atoms with Crippen molar-refractivity contribution in [3.05, 3.63) is 117 Å². The van der Waals surface area contributed by atoms with Crippen molar-refractivity contribution in [3.8, 4) is 0 Å². The molecule has 0 saturated heterocycles. The molecule has 4 amide bonds. The average molecular weight is 686 g/mol. The van der Waals surface area contributed by atoms with Crippen LogP contribution in [0.1, 0.15) is 16.7 Å². The fraction of sp³-hybridized carbons (Fsp3) is 0.0370. The van der Waals surface area contributed by atoms with Crippen LogP contribution in [0.4, 0.5) is 11.4 Å². The normalized spacial score (nSPS) is 15.6. The number of anilines is 2. The summed E-state index contributed by atoms with van der Waals surface area (Å²) in [5.74, 6) is -1.45. The van der Waals surface area contributed by atoms with E-state index in [1.165, 1.54) is 24.3 Å². The Labute approximate surface area is 228 Å². The van der Waals surface area contributed by atoms with Gasteiger partial charge in [-0.15, -0.1) is 0 Å². The van der Waals surface area contributed by atoms with Gasteiger partial charge in [-0.25, -0.2) is 9.80 Å². The van der Waals surface area contributed by atoms with Crippen molar-refractivity contribution >= 4 is 80.2 Å². The summed E-state index contributed by atoms with van der Waals surface area (Å²) in [6, 6.07) is 22.8. The molecule has 172 valence electrons. The van der Waals surface area contributed by atoms with Crippen LogP contribution in [-0.2, 0) is 22.6 Å². The minimum absolute atomic E-state index is 0.364. The van der Waals surface area contributed by atoms with Crippen LogP contribution in [0.15, 0.2) is 97.1 Å². The molecule has 35 heavy (non-hydrogen) atoms. The maximum absolute atomic E-state index is 12.1. The second kappa shape index (κ2) is 9.15. The van der Waals surface area contributed by atoms with Crippen LogP contribution in [0, 0.1) is 3.57 Å². The van der Waals surface area contributed by atoms with Gasteiger partial charge in [0.15, 0.2) is 0 Å². The highest BCUT2D eigenvalue weighted by molar-refractivity contribution is 14.1. The molecule has 0 aliphatic carbocycles. The first-order chi connectivity index (χ1) is 16.8. The molecule has 2 heterocycles. The summed E-state index contributed by atoms with van der Waals surface area (Å²) in [4.78, 5) is 50.7. The lowest BCUT2D eigenvalue weighted by molar-refractivity contribution is -0.121. The molecule has 0 N–H and O–H groups in total. The molecule has 2 aliphatic rings. The molecule has 0 saturated carbocycles. The highest BCUT2D eigenvalue weighted by atomic mass is 127. The molecule has 8 heteroatoms. The Bertz CT molecular complexity index is 1320. The number of amides is 4. The first-order valence-corrected chi connectivity index (χ1v) is 12.7. The molecular weight excluding hydrogens is 670 g/mol. The van der Waals surface area contributed by atoms with Crippen LogP contribution in [0.3, 0.4) is 0 Å². The maximum atomic E-state index is 12.1. The van der Waals surface area contributed by atoms with E-state index < -0.39 is 3.42 Å². The number of benzene rings is 3. The van der Waals surface area contributed by atoms with E-state index in [0.29, 0.717) is 11.4 Å². The summed E-state index contributed by atoms with van der Waals surface area (Å²) in [6.45, 7) is 0. The molecule has 0 unspecified atom stereocenters. The molecule has 2 aliphatic heterocycles. The first kappa shape index (κ1) is 23.6. The predicted octanol–water partition coefficient (Wildman–Crippen LogP) is 4.88. The Morgan fingerprint density at radius 2 is 0.914 bits per heavy atom. The van der Waals surface area contributed by atoms with Crippen molar-refractivity contribution in [1.82, 2.24) is 0 Å². The molecular formula is C27H16I2N2O4. The smallest absolute Gasteiger partial charge is 0.258 e. The molecule has 6 nitrogen and oxygen atoms in total. The number of halogens is 2. The largest absolute Gasteiger partial charge is 0.269 e. The van der Waals surface area contributed by atoms with Gasteiger partial charge in [-0.1, -0.05) is 65.1 Å². The van der Waals surface area contributed by atoms with E-state index in [9.17, 15) is 19.2 Å². The summed E-state index contributed by atoms with van der Waals surface area (Å²) in [5.41, 5.74) is 3.96. The van der Waals surface area contributed by atoms with Crippen molar-refractivity contribution in [2.24, 2.45) is 0 Å². The molecule has 3 aromatic rings. The van der Waals surface area contributed by atoms with Gasteiger partial charge in [0.05, 0.1) is 14.8 Å². The zero-order chi connectivity index (χ0) is 24.7. The predicted molar refractivity (Wildman–Crippen MR) is 149 cm³/mol. The summed E-state index contributed by atoms with van der Waals surface area (Å²) in [7, 11) is 0. The SMILES string of the molecule is O=C1C=CC(=O)N1c1ccc(C(I)(c2ccc(N3C(=O)C=CC3=O)cc2)c2ccccc2I)cc1. The lowest BCUT2D eigenvalue weighted by Crippen LogP contribution is -2.30. The minimum atomic E-state index is -0.624. The zero-order valence-electron chi connectivity index (χ0n) is 18.0. The Morgan fingerprint density at radius 1 is 0.543 bits per heavy atom. The van der Waals surface area contributed by atoms with Crippen LogP contribution in [-0.4, -0.2) is 23.6 Å². The zero-order valence-corrected chi connectivity index (χ0v) is 22.3. The maximum Gasteiger partial charge on any atom is 0.258 e. The Morgan fingerprint density at radius 3 is 1.29 bits per heavy atom. The molecule has 0 atom stereocenters. The molecule has 0 spiro atoms. The Hall–Kier alpha value is -3.12. The van der Waals surface area contributed by atoms with Crippen LogP contribution >= 0.6 is 45.2 Å². The topological polar surface area (TPSA) is 74.8 Å². The van der Waals surface area contributed by atoms with Gasteiger partial charge in [-0.2, -0.15) is 0 Å². The van der Waals surface area contributed by atoms with Crippen molar-refractivity contribution in [2.45, 2.75) is 3.42 Å². The molecule has 0 radical (unpaired) electrons. The van der Waals surface area contributed by atoms with Crippen LogP contribution < -0.4 is 9.80 Å². The van der Waals surface area contributed by atoms with Gasteiger partial charge in [0.1, 0.15) is 0 Å². The number of alkyl halides is 1. The van der Waals surface area contributed by atoms with Gasteiger partial charge < -0.3 is 0 Å². The summed E-state index contributed by atoms with van der Waals surface area (Å²) in [5, 5.41) is 0. The summed E-state index contributed by atoms with van der Waals surface area (Å²) >= 11 is 4.72. The number of carbonyl (C=O) groups is 4. The van der Waals surface area contributed by atoms with Gasteiger partial charge in [0, 0.05) is 27.9 Å². The molecule has 0 fully saturated rings. The fourth-order valence-corrected chi connectivity index (χ4v) is 6.71. The lowest BCUT2D eigenvalue weighted by Gasteiger charge is -2.31. The highest BCUT2D eigenvalue weighted by Crippen LogP contribution is 2.47. The fourth-order valence-electron chi connectivity index (χ4n) is 4.21. The van der Waals surface area contributed by atoms with E-state index in [1.807, 2.05) is 42.5 Å². The number of carbonyl (C=O) groups excluding carboxylic acids is 4. The van der Waals surface area contributed by atoms with Gasteiger partial charge in [0.25, 0.3) is 23.6 Å². The number of imide groups is 2. The van der Waals surface area contributed by atoms with Crippen molar-refractivity contribution in [2.75, 3.05) is 9.80 Å². The van der Waals surface area contributed by atoms with E-state index in [4.69, 9.17) is 0 Å². The third-order valence-electron chi connectivity index (χ3n) is 5.91. The van der Waals surface area contributed by atoms with Gasteiger partial charge in [0.2, 0.25) is 0 Å². The summed E-state index contributed by atoms with van der Waals surface area (Å²) in [6.07, 6.45) is 5.05. The third-order valence-corrected chi connectivity index (χ3v) is 8.68. The minimum Gasteiger partial charge on any atom is -0.269 e. The number of hydrogen-bond acceptors (Lipinski definition) is 4. The van der Waals surface area contributed by atoms with Gasteiger partial charge in [-0.3, -0.25) is 19.2 Å². The second-order valence-corrected chi connectivity index (χ2v) is 10.7. The summed E-state index contributed by atoms with van der Waals surface area (Å²) < 4.78 is 0.442. The molecule has 3 aromatic carbocycles. The molecule has 0 aromatic heterocycles. The van der Waals surface area contributed by atoms with Crippen molar-refractivity contribution in [1.29, 1.82) is 0 Å². The van der Waals surface area contributed by atoms with Crippen LogP contribution in [0.25, 0.3) is 0 Å². The highest BCUT2D eigenvalue weighted by Gasteiger charge is 2.36. The average Bonchev–Trinajstić information content (AvgIpc) is 3.38. The van der Waals surface area contributed by atoms with Gasteiger partial charge >= 0.3 is 0 Å². The van der Waals surface area contributed by atoms with E-state index >= 15 is 0 Å². The number of rotatable bonds is 5. The van der Waals surface area contributed by atoms with Crippen molar-refractivity contribution < 1.29 is 19.2 Å². The van der Waals surface area contributed by atoms with Crippen LogP contribution in [0.2, 0.25) is 0 Å². The third kappa shape index (κ3) is 4.04. The van der Waals surface area contributed by atoms with Crippen LogP contribution in [0.5, 0.6) is 0 Å². The Kier molecular flexibility index (Phi) is 6.18. The van der Waals surface area contributed by atoms with E-state index in [-0.39, 0.29) is 23.6 Å². The monoisotopic (exact) mass is 686 g/mol. The van der Waals surface area contributed by atoms with E-state index in [0.717, 1.165) is 30.1 Å². The molecule has 5 rings (SSSR count). The van der Waals surface area contributed by atoms with E-state index in [2.05, 4.69) is 51.2 Å². The van der Waals surface area contributed by atoms with E-state index in [1.54, 1.807) is 24.3 Å². The molecule has 0 bridgehead atoms. The quantitative estimate of drug-likeness (QED) is 0.166. The lowest BCUT2D eigenvalue weighted by atomic mass is 9.84. The number of nitrogens with zero attached hydrogens (tertiary/aromatic N) is 2. The van der Waals surface area contributed by atoms with Gasteiger partial charge in [-0.05, 0) is 69.6 Å². The first-order valence-electron chi connectivity index (χ1n) is 10.6. The Balaban J connectivity index is 1.58. The standard InChI is InChI=1S/C27H16I2N2O4/c28-22-4-2-1-3-21(22)27(29,17-5-9-19(10-6-17)30-23(32)13-14-24(30)33)18-7-11-20(12-8-18)31-25(34)15-16-26(31)35/h1-16H. The number of hydrogen-bond donors (Lipinski definition) is 0. The van der Waals surface area contributed by atoms with Crippen molar-refractivity contribution in [3.63, 3.8) is 0 Å².